The number of para-hydroxylation sites is 1. The first-order valence-electron chi connectivity index (χ1n) is 6.64. The number of fused-ring (bicyclic) bond motifs is 1. The molecule has 2 rings (SSSR count). The van der Waals surface area contributed by atoms with Crippen molar-refractivity contribution in [2.75, 3.05) is 13.6 Å². The number of hydrogen-bond donors (Lipinski definition) is 2. The number of carbonyl (C=O) groups excluding carboxylic acids is 1. The van der Waals surface area contributed by atoms with Gasteiger partial charge in [0.25, 0.3) is 0 Å². The molecule has 1 aromatic carbocycles. The van der Waals surface area contributed by atoms with Crippen LogP contribution in [-0.4, -0.2) is 35.5 Å². The molecule has 19 heavy (non-hydrogen) atoms. The Morgan fingerprint density at radius 3 is 2.84 bits per heavy atom. The number of aromatic nitrogens is 1. The lowest BCUT2D eigenvalue weighted by Gasteiger charge is -2.19. The van der Waals surface area contributed by atoms with E-state index in [2.05, 4.69) is 22.4 Å². The van der Waals surface area contributed by atoms with Crippen molar-refractivity contribution in [3.05, 3.63) is 36.0 Å². The smallest absolute Gasteiger partial charge is 0.317 e. The van der Waals surface area contributed by atoms with Crippen LogP contribution in [0.25, 0.3) is 10.9 Å². The number of H-pyrrole nitrogens is 1. The van der Waals surface area contributed by atoms with Crippen LogP contribution in [0.3, 0.4) is 0 Å². The van der Waals surface area contributed by atoms with Gasteiger partial charge >= 0.3 is 6.03 Å². The summed E-state index contributed by atoms with van der Waals surface area (Å²) in [6.07, 6.45) is 2.88. The van der Waals surface area contributed by atoms with Gasteiger partial charge in [0.2, 0.25) is 0 Å². The van der Waals surface area contributed by atoms with Gasteiger partial charge in [-0.25, -0.2) is 4.79 Å². The third-order valence-corrected chi connectivity index (χ3v) is 3.15. The number of carbonyl (C=O) groups is 1. The van der Waals surface area contributed by atoms with E-state index in [1.54, 1.807) is 4.90 Å². The van der Waals surface area contributed by atoms with Crippen molar-refractivity contribution in [1.29, 1.82) is 0 Å². The molecule has 0 bridgehead atoms. The van der Waals surface area contributed by atoms with Gasteiger partial charge < -0.3 is 15.2 Å². The molecule has 2 N–H and O–H groups in total. The fraction of sp³-hybridized carbons (Fsp3) is 0.400. The van der Waals surface area contributed by atoms with Gasteiger partial charge in [-0.3, -0.25) is 0 Å². The Labute approximate surface area is 113 Å². The Kier molecular flexibility index (Phi) is 4.10. The van der Waals surface area contributed by atoms with Crippen LogP contribution in [0, 0.1) is 0 Å². The molecule has 4 heteroatoms. The standard InChI is InChI=1S/C15H21N3O/c1-11(2)17-15(19)18(3)9-8-12-10-16-14-7-5-4-6-13(12)14/h4-7,10-11,16H,8-9H2,1-3H3,(H,17,19). The maximum atomic E-state index is 11.8. The molecular weight excluding hydrogens is 238 g/mol. The summed E-state index contributed by atoms with van der Waals surface area (Å²) in [5, 5.41) is 4.13. The second-order valence-electron chi connectivity index (χ2n) is 5.14. The number of nitrogens with one attached hydrogen (secondary N) is 2. The molecule has 0 spiro atoms. The van der Waals surface area contributed by atoms with E-state index >= 15 is 0 Å². The molecule has 2 amide bonds. The molecule has 0 saturated carbocycles. The van der Waals surface area contributed by atoms with Crippen molar-refractivity contribution in [1.82, 2.24) is 15.2 Å². The number of amides is 2. The zero-order valence-electron chi connectivity index (χ0n) is 11.7. The summed E-state index contributed by atoms with van der Waals surface area (Å²) >= 11 is 0. The third-order valence-electron chi connectivity index (χ3n) is 3.15. The summed E-state index contributed by atoms with van der Waals surface area (Å²) in [6.45, 7) is 4.64. The normalized spacial score (nSPS) is 10.9. The molecule has 102 valence electrons. The van der Waals surface area contributed by atoms with E-state index in [9.17, 15) is 4.79 Å². The van der Waals surface area contributed by atoms with Crippen molar-refractivity contribution in [3.63, 3.8) is 0 Å². The average Bonchev–Trinajstić information content (AvgIpc) is 2.78. The monoisotopic (exact) mass is 259 g/mol. The Hall–Kier alpha value is -1.97. The predicted octanol–water partition coefficient (Wildman–Crippen LogP) is 2.76. The SMILES string of the molecule is CC(C)NC(=O)N(C)CCc1c[nH]c2ccccc12. The van der Waals surface area contributed by atoms with E-state index in [4.69, 9.17) is 0 Å². The molecule has 0 saturated heterocycles. The number of benzene rings is 1. The van der Waals surface area contributed by atoms with Gasteiger partial charge in [0.05, 0.1) is 0 Å². The Morgan fingerprint density at radius 2 is 2.11 bits per heavy atom. The van der Waals surface area contributed by atoms with Crippen molar-refractivity contribution in [3.8, 4) is 0 Å². The van der Waals surface area contributed by atoms with Crippen molar-refractivity contribution in [2.45, 2.75) is 26.3 Å². The van der Waals surface area contributed by atoms with Crippen LogP contribution in [0.4, 0.5) is 4.79 Å². The van der Waals surface area contributed by atoms with Crippen molar-refractivity contribution >= 4 is 16.9 Å². The number of nitrogens with zero attached hydrogens (tertiary/aromatic N) is 1. The summed E-state index contributed by atoms with van der Waals surface area (Å²) in [6, 6.07) is 8.38. The van der Waals surface area contributed by atoms with Crippen LogP contribution in [0.15, 0.2) is 30.5 Å². The first kappa shape index (κ1) is 13.5. The summed E-state index contributed by atoms with van der Waals surface area (Å²) in [5.41, 5.74) is 2.39. The molecule has 0 atom stereocenters. The highest BCUT2D eigenvalue weighted by Crippen LogP contribution is 2.18. The van der Waals surface area contributed by atoms with E-state index in [0.29, 0.717) is 6.54 Å². The van der Waals surface area contributed by atoms with Crippen LogP contribution in [0.1, 0.15) is 19.4 Å². The highest BCUT2D eigenvalue weighted by molar-refractivity contribution is 5.83. The fourth-order valence-electron chi connectivity index (χ4n) is 2.09. The Balaban J connectivity index is 1.97. The lowest BCUT2D eigenvalue weighted by molar-refractivity contribution is 0.207. The second kappa shape index (κ2) is 5.78. The average molecular weight is 259 g/mol. The van der Waals surface area contributed by atoms with E-state index in [1.165, 1.54) is 10.9 Å². The number of likely N-dealkylation sites (N-methyl/N-ethyl adjacent to an activating group) is 1. The zero-order chi connectivity index (χ0) is 13.8. The first-order chi connectivity index (χ1) is 9.08. The molecule has 0 fully saturated rings. The largest absolute Gasteiger partial charge is 0.361 e. The van der Waals surface area contributed by atoms with Crippen molar-refractivity contribution in [2.24, 2.45) is 0 Å². The Morgan fingerprint density at radius 1 is 1.37 bits per heavy atom. The second-order valence-corrected chi connectivity index (χ2v) is 5.14. The van der Waals surface area contributed by atoms with Gasteiger partial charge in [-0.15, -0.1) is 0 Å². The fourth-order valence-corrected chi connectivity index (χ4v) is 2.09. The molecule has 0 unspecified atom stereocenters. The summed E-state index contributed by atoms with van der Waals surface area (Å²) in [7, 11) is 1.83. The zero-order valence-corrected chi connectivity index (χ0v) is 11.7. The van der Waals surface area contributed by atoms with Gasteiger partial charge in [-0.05, 0) is 31.9 Å². The highest BCUT2D eigenvalue weighted by Gasteiger charge is 2.10. The van der Waals surface area contributed by atoms with Crippen molar-refractivity contribution < 1.29 is 4.79 Å². The van der Waals surface area contributed by atoms with Gasteiger partial charge in [0.15, 0.2) is 0 Å². The van der Waals surface area contributed by atoms with Crippen LogP contribution in [0.5, 0.6) is 0 Å². The molecule has 0 aliphatic heterocycles. The van der Waals surface area contributed by atoms with Gasteiger partial charge in [-0.1, -0.05) is 18.2 Å². The molecule has 0 radical (unpaired) electrons. The molecule has 4 nitrogen and oxygen atoms in total. The van der Waals surface area contributed by atoms with Gasteiger partial charge in [-0.2, -0.15) is 0 Å². The molecular formula is C15H21N3O. The molecule has 1 heterocycles. The van der Waals surface area contributed by atoms with Gasteiger partial charge in [0.1, 0.15) is 0 Å². The highest BCUT2D eigenvalue weighted by atomic mass is 16.2. The maximum absolute atomic E-state index is 11.8. The molecule has 2 aromatic rings. The van der Waals surface area contributed by atoms with Crippen LogP contribution >= 0.6 is 0 Å². The topological polar surface area (TPSA) is 48.1 Å². The summed E-state index contributed by atoms with van der Waals surface area (Å²) in [5.74, 6) is 0. The molecule has 0 aliphatic carbocycles. The van der Waals surface area contributed by atoms with Crippen LogP contribution in [0.2, 0.25) is 0 Å². The first-order valence-corrected chi connectivity index (χ1v) is 6.64. The van der Waals surface area contributed by atoms with Gasteiger partial charge in [0, 0.05) is 36.7 Å². The van der Waals surface area contributed by atoms with E-state index in [0.717, 1.165) is 11.9 Å². The quantitative estimate of drug-likeness (QED) is 0.871. The number of hydrogen-bond acceptors (Lipinski definition) is 1. The minimum absolute atomic E-state index is 0.0187. The number of rotatable bonds is 4. The van der Waals surface area contributed by atoms with E-state index in [1.807, 2.05) is 39.2 Å². The molecule has 1 aromatic heterocycles. The Bertz CT molecular complexity index is 559. The van der Waals surface area contributed by atoms with Crippen LogP contribution in [-0.2, 0) is 6.42 Å². The minimum atomic E-state index is -0.0187. The number of urea groups is 1. The number of aromatic amines is 1. The van der Waals surface area contributed by atoms with Crippen LogP contribution < -0.4 is 5.32 Å². The predicted molar refractivity (Wildman–Crippen MR) is 78.3 cm³/mol. The summed E-state index contributed by atoms with van der Waals surface area (Å²) < 4.78 is 0. The maximum Gasteiger partial charge on any atom is 0.317 e. The lowest BCUT2D eigenvalue weighted by Crippen LogP contribution is -2.41. The molecule has 0 aliphatic rings. The van der Waals surface area contributed by atoms with E-state index in [-0.39, 0.29) is 12.1 Å². The minimum Gasteiger partial charge on any atom is -0.361 e. The third kappa shape index (κ3) is 3.28. The van der Waals surface area contributed by atoms with E-state index < -0.39 is 0 Å². The summed E-state index contributed by atoms with van der Waals surface area (Å²) in [4.78, 5) is 16.8. The lowest BCUT2D eigenvalue weighted by atomic mass is 10.1.